The summed E-state index contributed by atoms with van der Waals surface area (Å²) in [6.45, 7) is 6.12. The van der Waals surface area contributed by atoms with Crippen LogP contribution in [0.5, 0.6) is 0 Å². The predicted molar refractivity (Wildman–Crippen MR) is 191 cm³/mol. The number of carbonyl (C=O) groups excluding carboxylic acids is 2. The number of nitrogens with one attached hydrogen (secondary N) is 2. The van der Waals surface area contributed by atoms with Gasteiger partial charge in [-0.2, -0.15) is 0 Å². The highest BCUT2D eigenvalue weighted by molar-refractivity contribution is 7.88. The molecule has 0 saturated heterocycles. The summed E-state index contributed by atoms with van der Waals surface area (Å²) in [7, 11) is 2.62. The number of aromatic nitrogens is 4. The van der Waals surface area contributed by atoms with Crippen molar-refractivity contribution >= 4 is 39.0 Å². The molecule has 4 aromatic rings. The van der Waals surface area contributed by atoms with Gasteiger partial charge in [-0.3, -0.25) is 14.5 Å². The summed E-state index contributed by atoms with van der Waals surface area (Å²) in [6, 6.07) is 11.4. The van der Waals surface area contributed by atoms with Gasteiger partial charge < -0.3 is 19.4 Å². The third kappa shape index (κ3) is 7.51. The molecule has 1 amide bonds. The van der Waals surface area contributed by atoms with Crippen molar-refractivity contribution in [3.05, 3.63) is 87.0 Å². The van der Waals surface area contributed by atoms with Crippen molar-refractivity contribution in [2.24, 2.45) is 14.1 Å². The van der Waals surface area contributed by atoms with Gasteiger partial charge in [0.1, 0.15) is 0 Å². The SMILES string of the molecule is Cc1c(NC(=O)c2nc3c(n2C)CCN(CCCNS(C)(=O)=O)C3)cccc1-c1cccc(CC(=O)c2nc3c(n2C)CCN(C)C3)c1Cl. The van der Waals surface area contributed by atoms with Crippen molar-refractivity contribution in [3.63, 3.8) is 0 Å². The number of benzene rings is 2. The molecule has 49 heavy (non-hydrogen) atoms. The van der Waals surface area contributed by atoms with E-state index < -0.39 is 10.0 Å². The van der Waals surface area contributed by atoms with Gasteiger partial charge in [0.05, 0.1) is 22.7 Å². The molecule has 0 aliphatic carbocycles. The molecule has 0 saturated carbocycles. The van der Waals surface area contributed by atoms with E-state index in [0.29, 0.717) is 41.9 Å². The predicted octanol–water partition coefficient (Wildman–Crippen LogP) is 3.75. The molecule has 0 fully saturated rings. The Hall–Kier alpha value is -3.88. The summed E-state index contributed by atoms with van der Waals surface area (Å²) in [5.41, 5.74) is 7.79. The van der Waals surface area contributed by atoms with E-state index in [2.05, 4.69) is 26.9 Å². The van der Waals surface area contributed by atoms with Crippen LogP contribution in [0.1, 0.15) is 61.6 Å². The van der Waals surface area contributed by atoms with Crippen molar-refractivity contribution < 1.29 is 18.0 Å². The number of ketones is 1. The number of imidazole rings is 2. The number of carbonyl (C=O) groups is 2. The molecule has 260 valence electrons. The number of amides is 1. The zero-order valence-electron chi connectivity index (χ0n) is 28.6. The van der Waals surface area contributed by atoms with Crippen LogP contribution in [0.3, 0.4) is 0 Å². The number of Topliss-reactive ketones (excluding diaryl/α,β-unsaturated/α-hetero) is 1. The van der Waals surface area contributed by atoms with Gasteiger partial charge in [-0.15, -0.1) is 0 Å². The van der Waals surface area contributed by atoms with Gasteiger partial charge in [0.25, 0.3) is 5.91 Å². The van der Waals surface area contributed by atoms with Crippen LogP contribution in [0.4, 0.5) is 5.69 Å². The number of nitrogens with zero attached hydrogens (tertiary/aromatic N) is 6. The molecular weight excluding hydrogens is 664 g/mol. The number of hydrogen-bond donors (Lipinski definition) is 2. The van der Waals surface area contributed by atoms with Crippen molar-refractivity contribution in [2.45, 2.75) is 45.7 Å². The van der Waals surface area contributed by atoms with Crippen molar-refractivity contribution in [1.29, 1.82) is 0 Å². The summed E-state index contributed by atoms with van der Waals surface area (Å²) in [5.74, 6) is 0.390. The first-order valence-electron chi connectivity index (χ1n) is 16.5. The number of halogens is 1. The van der Waals surface area contributed by atoms with Crippen LogP contribution in [0, 0.1) is 6.92 Å². The van der Waals surface area contributed by atoms with E-state index in [9.17, 15) is 18.0 Å². The Morgan fingerprint density at radius 3 is 2.31 bits per heavy atom. The maximum absolute atomic E-state index is 13.6. The van der Waals surface area contributed by atoms with E-state index in [1.165, 1.54) is 0 Å². The Kier molecular flexibility index (Phi) is 10.1. The van der Waals surface area contributed by atoms with Crippen LogP contribution in [-0.2, 0) is 56.5 Å². The number of anilines is 1. The fraction of sp³-hybridized carbons (Fsp3) is 0.429. The zero-order valence-corrected chi connectivity index (χ0v) is 30.2. The second-order valence-electron chi connectivity index (χ2n) is 13.1. The number of fused-ring (bicyclic) bond motifs is 2. The number of sulfonamides is 1. The molecular formula is C35H43ClN8O4S. The molecule has 2 N–H and O–H groups in total. The zero-order chi connectivity index (χ0) is 35.0. The second-order valence-corrected chi connectivity index (χ2v) is 15.3. The van der Waals surface area contributed by atoms with Crippen molar-refractivity contribution in [1.82, 2.24) is 33.6 Å². The van der Waals surface area contributed by atoms with Crippen molar-refractivity contribution in [3.8, 4) is 11.1 Å². The van der Waals surface area contributed by atoms with Gasteiger partial charge >= 0.3 is 0 Å². The highest BCUT2D eigenvalue weighted by atomic mass is 35.5. The molecule has 0 atom stereocenters. The van der Waals surface area contributed by atoms with Crippen molar-refractivity contribution in [2.75, 3.05) is 44.8 Å². The third-order valence-corrected chi connectivity index (χ3v) is 10.7. The topological polar surface area (TPSA) is 134 Å². The fourth-order valence-electron chi connectivity index (χ4n) is 6.86. The normalized spacial score (nSPS) is 15.2. The lowest BCUT2D eigenvalue weighted by molar-refractivity contribution is 0.0978. The summed E-state index contributed by atoms with van der Waals surface area (Å²) >= 11 is 6.99. The average Bonchev–Trinajstić information content (AvgIpc) is 3.56. The fourth-order valence-corrected chi connectivity index (χ4v) is 7.67. The average molecular weight is 707 g/mol. The molecule has 14 heteroatoms. The molecule has 12 nitrogen and oxygen atoms in total. The lowest BCUT2D eigenvalue weighted by Crippen LogP contribution is -2.34. The monoisotopic (exact) mass is 706 g/mol. The first-order valence-corrected chi connectivity index (χ1v) is 18.7. The van der Waals surface area contributed by atoms with Gasteiger partial charge in [0.2, 0.25) is 15.8 Å². The first-order chi connectivity index (χ1) is 23.3. The first kappa shape index (κ1) is 35.0. The number of likely N-dealkylation sites (N-methyl/N-ethyl adjacent to an activating group) is 1. The van der Waals surface area contributed by atoms with E-state index in [1.54, 1.807) is 0 Å². The second kappa shape index (κ2) is 14.2. The Bertz CT molecular complexity index is 2040. The van der Waals surface area contributed by atoms with E-state index >= 15 is 0 Å². The van der Waals surface area contributed by atoms with Gasteiger partial charge in [-0.25, -0.2) is 23.1 Å². The highest BCUT2D eigenvalue weighted by Crippen LogP contribution is 2.36. The summed E-state index contributed by atoms with van der Waals surface area (Å²) in [6.07, 6.45) is 3.58. The molecule has 2 aromatic heterocycles. The third-order valence-electron chi connectivity index (χ3n) is 9.55. The molecule has 0 spiro atoms. The molecule has 4 heterocycles. The summed E-state index contributed by atoms with van der Waals surface area (Å²) in [5, 5.41) is 3.56. The van der Waals surface area contributed by atoms with E-state index in [1.807, 2.05) is 66.6 Å². The van der Waals surface area contributed by atoms with Gasteiger partial charge in [0, 0.05) is 88.7 Å². The minimum atomic E-state index is -3.21. The van der Waals surface area contributed by atoms with Crippen LogP contribution in [0.15, 0.2) is 36.4 Å². The minimum absolute atomic E-state index is 0.0822. The van der Waals surface area contributed by atoms with Crippen LogP contribution in [0.2, 0.25) is 5.02 Å². The Labute approximate surface area is 292 Å². The molecule has 0 bridgehead atoms. The van der Waals surface area contributed by atoms with Crippen LogP contribution >= 0.6 is 11.6 Å². The lowest BCUT2D eigenvalue weighted by Gasteiger charge is -2.26. The largest absolute Gasteiger partial charge is 0.328 e. The highest BCUT2D eigenvalue weighted by Gasteiger charge is 2.27. The smallest absolute Gasteiger partial charge is 0.291 e. The quantitative estimate of drug-likeness (QED) is 0.178. The Balaban J connectivity index is 1.16. The maximum Gasteiger partial charge on any atom is 0.291 e. The maximum atomic E-state index is 13.6. The standard InChI is InChI=1S/C35H43ClN8O4S/c1-22-24(25-11-6-9-23(32(25)36)19-31(45)33-38-27-20-41(2)17-13-29(27)42(33)3)10-7-12-26(22)40-35(46)34-39-28-21-44(18-14-30(28)43(34)4)16-8-15-37-49(5,47)48/h6-7,9-12,37H,8,13-21H2,1-5H3,(H,40,46). The molecule has 0 unspecified atom stereocenters. The van der Waals surface area contributed by atoms with E-state index in [0.717, 1.165) is 90.3 Å². The molecule has 2 aromatic carbocycles. The minimum Gasteiger partial charge on any atom is -0.328 e. The Morgan fingerprint density at radius 2 is 1.55 bits per heavy atom. The van der Waals surface area contributed by atoms with E-state index in [-0.39, 0.29) is 18.1 Å². The lowest BCUT2D eigenvalue weighted by atomic mass is 9.96. The Morgan fingerprint density at radius 1 is 0.898 bits per heavy atom. The number of hydrogen-bond acceptors (Lipinski definition) is 8. The van der Waals surface area contributed by atoms with Gasteiger partial charge in [-0.05, 0) is 49.7 Å². The molecule has 6 rings (SSSR count). The summed E-state index contributed by atoms with van der Waals surface area (Å²) in [4.78, 5) is 40.9. The van der Waals surface area contributed by atoms with Crippen LogP contribution < -0.4 is 10.0 Å². The number of rotatable bonds is 11. The molecule has 2 aliphatic heterocycles. The summed E-state index contributed by atoms with van der Waals surface area (Å²) < 4.78 is 29.0. The van der Waals surface area contributed by atoms with Crippen LogP contribution in [0.25, 0.3) is 11.1 Å². The molecule has 2 aliphatic rings. The van der Waals surface area contributed by atoms with Gasteiger partial charge in [0.15, 0.2) is 11.6 Å². The van der Waals surface area contributed by atoms with Crippen LogP contribution in [-0.4, -0.2) is 88.5 Å². The van der Waals surface area contributed by atoms with Gasteiger partial charge in [-0.1, -0.05) is 41.9 Å². The van der Waals surface area contributed by atoms with E-state index in [4.69, 9.17) is 21.6 Å². The molecule has 0 radical (unpaired) electrons.